The van der Waals surface area contributed by atoms with Crippen LogP contribution in [0.1, 0.15) is 103 Å². The molecule has 5 aromatic rings. The smallest absolute Gasteiger partial charge is 0.343 e. The summed E-state index contributed by atoms with van der Waals surface area (Å²) in [6.45, 7) is 21.2. The first-order valence-corrected chi connectivity index (χ1v) is 25.2. The van der Waals surface area contributed by atoms with Crippen molar-refractivity contribution < 1.29 is 68.0 Å². The number of hydrogen-bond acceptors (Lipinski definition) is 16. The average Bonchev–Trinajstić information content (AvgIpc) is 3.41. The van der Waals surface area contributed by atoms with Gasteiger partial charge in [0.25, 0.3) is 0 Å². The van der Waals surface area contributed by atoms with Crippen LogP contribution in [0.25, 0.3) is 0 Å². The molecule has 0 spiro atoms. The quantitative estimate of drug-likeness (QED) is 0.0230. The molecule has 0 aliphatic heterocycles. The van der Waals surface area contributed by atoms with Crippen LogP contribution >= 0.6 is 0 Å². The summed E-state index contributed by atoms with van der Waals surface area (Å²) in [6.07, 6.45) is 2.54. The van der Waals surface area contributed by atoms with E-state index in [-0.39, 0.29) is 11.5 Å². The summed E-state index contributed by atoms with van der Waals surface area (Å²) in [5.41, 5.74) is 3.83. The van der Waals surface area contributed by atoms with Gasteiger partial charge in [0, 0.05) is 61.8 Å². The van der Waals surface area contributed by atoms with E-state index < -0.39 is 47.9 Å². The fraction of sp³-hybridized carbons (Fsp3) is 0.356. The summed E-state index contributed by atoms with van der Waals surface area (Å²) >= 11 is 0. The van der Waals surface area contributed by atoms with Gasteiger partial charge >= 0.3 is 23.9 Å². The van der Waals surface area contributed by atoms with Gasteiger partial charge < -0.3 is 58.6 Å². The molecule has 1 fully saturated rings. The Morgan fingerprint density at radius 3 is 1.29 bits per heavy atom. The molecule has 6 rings (SSSR count). The van der Waals surface area contributed by atoms with Crippen molar-refractivity contribution in [2.45, 2.75) is 84.3 Å². The molecule has 0 aromatic heterocycles. The topological polar surface area (TPSA) is 217 Å². The van der Waals surface area contributed by atoms with E-state index >= 15 is 0 Å². The Morgan fingerprint density at radius 1 is 0.533 bits per heavy atom. The van der Waals surface area contributed by atoms with Gasteiger partial charge in [-0.1, -0.05) is 25.3 Å². The second-order valence-corrected chi connectivity index (χ2v) is 17.4. The number of anilines is 2. The number of ether oxygens (including phenoxy) is 6. The lowest BCUT2D eigenvalue weighted by Gasteiger charge is -2.61. The molecule has 400 valence electrons. The van der Waals surface area contributed by atoms with Gasteiger partial charge in [-0.3, -0.25) is 0 Å². The zero-order valence-corrected chi connectivity index (χ0v) is 43.4. The Labute approximate surface area is 439 Å². The summed E-state index contributed by atoms with van der Waals surface area (Å²) in [7, 11) is 0. The molecule has 0 heterocycles. The van der Waals surface area contributed by atoms with Gasteiger partial charge in [0.2, 0.25) is 0 Å². The Morgan fingerprint density at radius 2 is 0.920 bits per heavy atom. The molecule has 2 N–H and O–H groups in total. The second kappa shape index (κ2) is 29.2. The Kier molecular flexibility index (Phi) is 22.6. The van der Waals surface area contributed by atoms with Crippen LogP contribution in [0.15, 0.2) is 128 Å². The third-order valence-corrected chi connectivity index (χ3v) is 12.6. The van der Waals surface area contributed by atoms with Crippen LogP contribution in [0, 0.1) is 6.92 Å². The number of phenols is 2. The van der Waals surface area contributed by atoms with Crippen LogP contribution in [-0.2, 0) is 19.1 Å². The number of carbonyl (C=O) groups is 4. The maximum atomic E-state index is 13.0. The third-order valence-electron chi connectivity index (χ3n) is 12.6. The molecule has 16 heteroatoms. The van der Waals surface area contributed by atoms with Crippen LogP contribution in [0.3, 0.4) is 0 Å². The van der Waals surface area contributed by atoms with E-state index in [1.54, 1.807) is 97.9 Å². The van der Waals surface area contributed by atoms with Crippen molar-refractivity contribution in [3.63, 3.8) is 0 Å². The average molecular weight is 1030 g/mol. The SMILES string of the molecule is C=CC(=O)OCCCCOc1ccc(C(=O)Oc2ccc(OC(=O)c3ccc(OCCCCOC(=O)C=C)cc3)c(C)c2)cc1.CCN(CC)c1ccc(C2C([O-])C(c3ccc(N(CC)CC)cc3O)C2[O-])c(O)c1. The molecule has 75 heavy (non-hydrogen) atoms. The molecule has 0 bridgehead atoms. The van der Waals surface area contributed by atoms with Gasteiger partial charge in [0.05, 0.1) is 37.6 Å². The minimum atomic E-state index is -1.21. The molecular weight excluding hydrogens is 961 g/mol. The molecule has 1 aliphatic carbocycles. The second-order valence-electron chi connectivity index (χ2n) is 17.4. The van der Waals surface area contributed by atoms with Gasteiger partial charge in [0.15, 0.2) is 0 Å². The summed E-state index contributed by atoms with van der Waals surface area (Å²) < 4.78 is 32.2. The summed E-state index contributed by atoms with van der Waals surface area (Å²) in [5, 5.41) is 47.0. The molecule has 5 aromatic carbocycles. The number of benzene rings is 5. The van der Waals surface area contributed by atoms with Crippen molar-refractivity contribution in [3.8, 4) is 34.5 Å². The number of phenolic OH excluding ortho intramolecular Hbond substituents is 2. The van der Waals surface area contributed by atoms with Crippen molar-refractivity contribution in [2.75, 3.05) is 62.4 Å². The molecule has 16 nitrogen and oxygen atoms in total. The molecule has 0 radical (unpaired) electrons. The fourth-order valence-electron chi connectivity index (χ4n) is 8.33. The summed E-state index contributed by atoms with van der Waals surface area (Å²) in [4.78, 5) is 51.5. The van der Waals surface area contributed by atoms with Crippen LogP contribution in [0.2, 0.25) is 0 Å². The number of hydrogen-bond donors (Lipinski definition) is 2. The highest BCUT2D eigenvalue weighted by molar-refractivity contribution is 5.92. The van der Waals surface area contributed by atoms with Crippen LogP contribution in [-0.4, -0.2) is 98.9 Å². The van der Waals surface area contributed by atoms with Crippen molar-refractivity contribution >= 4 is 35.3 Å². The highest BCUT2D eigenvalue weighted by Crippen LogP contribution is 2.50. The van der Waals surface area contributed by atoms with Crippen LogP contribution in [0.4, 0.5) is 11.4 Å². The number of nitrogens with zero attached hydrogens (tertiary/aromatic N) is 2. The molecule has 0 saturated heterocycles. The van der Waals surface area contributed by atoms with E-state index in [1.807, 2.05) is 39.8 Å². The van der Waals surface area contributed by atoms with Gasteiger partial charge in [-0.2, -0.15) is 0 Å². The van der Waals surface area contributed by atoms with Crippen molar-refractivity contribution in [3.05, 3.63) is 156 Å². The molecule has 0 atom stereocenters. The summed E-state index contributed by atoms with van der Waals surface area (Å²) in [5.74, 6) is -1.82. The van der Waals surface area contributed by atoms with E-state index in [0.29, 0.717) is 103 Å². The molecular formula is C59H68N2O14-2. The van der Waals surface area contributed by atoms with Gasteiger partial charge in [-0.05, 0) is 168 Å². The van der Waals surface area contributed by atoms with E-state index in [0.717, 1.165) is 49.7 Å². The van der Waals surface area contributed by atoms with Gasteiger partial charge in [-0.25, -0.2) is 19.2 Å². The zero-order valence-electron chi connectivity index (χ0n) is 43.4. The minimum absolute atomic E-state index is 0.00865. The van der Waals surface area contributed by atoms with Gasteiger partial charge in [-0.15, -0.1) is 12.2 Å². The Bertz CT molecular complexity index is 2600. The highest BCUT2D eigenvalue weighted by atomic mass is 16.5. The molecule has 1 saturated carbocycles. The number of aryl methyl sites for hydroxylation is 1. The highest BCUT2D eigenvalue weighted by Gasteiger charge is 2.41. The number of aromatic hydroxyl groups is 2. The minimum Gasteiger partial charge on any atom is -0.851 e. The number of carbonyl (C=O) groups excluding carboxylic acids is 4. The van der Waals surface area contributed by atoms with E-state index in [9.17, 15) is 39.6 Å². The predicted molar refractivity (Wildman–Crippen MR) is 282 cm³/mol. The van der Waals surface area contributed by atoms with E-state index in [4.69, 9.17) is 28.4 Å². The van der Waals surface area contributed by atoms with Crippen molar-refractivity contribution in [2.24, 2.45) is 0 Å². The van der Waals surface area contributed by atoms with Gasteiger partial charge in [0.1, 0.15) is 34.5 Å². The van der Waals surface area contributed by atoms with Crippen LogP contribution in [0.5, 0.6) is 34.5 Å². The largest absolute Gasteiger partial charge is 0.851 e. The molecule has 0 unspecified atom stereocenters. The molecule has 0 amide bonds. The lowest BCUT2D eigenvalue weighted by atomic mass is 9.63. The number of unbranched alkanes of at least 4 members (excludes halogenated alkanes) is 2. The zero-order chi connectivity index (χ0) is 54.4. The standard InChI is InChI=1S/C35H36O10.C24H32N2O4/c1-4-32(36)42-22-8-6-20-40-28-14-10-26(11-15-28)34(38)44-30-18-19-31(25(3)24-30)45-35(39)27-12-16-29(17-13-27)41-21-7-9-23-43-33(37)5-2;1-5-25(6-2)15-9-11-17(19(27)13-15)21-23(29)22(24(21)30)18-12-10-16(14-20(18)28)26(7-3)8-4/h4-5,10-19,24H,1-2,6-9,20-23H2,3H3;9-14,21-24,27-28H,5-8H2,1-4H3/q;-2. The lowest BCUT2D eigenvalue weighted by molar-refractivity contribution is -0.536. The predicted octanol–water partition coefficient (Wildman–Crippen LogP) is 8.34. The van der Waals surface area contributed by atoms with Crippen molar-refractivity contribution in [1.82, 2.24) is 0 Å². The van der Waals surface area contributed by atoms with E-state index in [2.05, 4.69) is 23.0 Å². The first-order valence-electron chi connectivity index (χ1n) is 25.2. The van der Waals surface area contributed by atoms with Crippen molar-refractivity contribution in [1.29, 1.82) is 0 Å². The fourth-order valence-corrected chi connectivity index (χ4v) is 8.33. The Hall–Kier alpha value is -7.82. The number of rotatable bonds is 26. The lowest BCUT2D eigenvalue weighted by Crippen LogP contribution is -2.63. The monoisotopic (exact) mass is 1030 g/mol. The number of esters is 4. The normalized spacial score (nSPS) is 15.4. The van der Waals surface area contributed by atoms with Crippen LogP contribution < -0.4 is 39.0 Å². The first-order chi connectivity index (χ1) is 36.2. The maximum absolute atomic E-state index is 13.0. The molecule has 1 aliphatic rings. The maximum Gasteiger partial charge on any atom is 0.343 e. The Balaban J connectivity index is 0.000000300. The van der Waals surface area contributed by atoms with E-state index in [1.165, 1.54) is 0 Å². The third kappa shape index (κ3) is 16.3. The summed E-state index contributed by atoms with van der Waals surface area (Å²) in [6, 6.07) is 28.2. The first kappa shape index (κ1) is 58.1.